The third kappa shape index (κ3) is 4.94. The van der Waals surface area contributed by atoms with Gasteiger partial charge < -0.3 is 9.55 Å². The van der Waals surface area contributed by atoms with E-state index < -0.39 is 0 Å². The number of halogens is 2. The van der Waals surface area contributed by atoms with Crippen LogP contribution in [-0.2, 0) is 7.05 Å². The number of aromatic nitrogens is 4. The summed E-state index contributed by atoms with van der Waals surface area (Å²) in [6.45, 7) is 0. The van der Waals surface area contributed by atoms with Gasteiger partial charge in [0.2, 0.25) is 0 Å². The number of H-pyrrole nitrogens is 1. The molecule has 2 aromatic heterocycles. The van der Waals surface area contributed by atoms with Gasteiger partial charge in [-0.05, 0) is 55.0 Å². The molecule has 0 fully saturated rings. The third-order valence-corrected chi connectivity index (χ3v) is 6.57. The van der Waals surface area contributed by atoms with Crippen molar-refractivity contribution in [3.05, 3.63) is 72.6 Å². The van der Waals surface area contributed by atoms with Gasteiger partial charge in [-0.15, -0.1) is 0 Å². The molecule has 0 aliphatic carbocycles. The van der Waals surface area contributed by atoms with Gasteiger partial charge in [0, 0.05) is 42.1 Å². The van der Waals surface area contributed by atoms with E-state index in [0.29, 0.717) is 0 Å². The van der Waals surface area contributed by atoms with E-state index >= 15 is 0 Å². The van der Waals surface area contributed by atoms with E-state index in [0.717, 1.165) is 50.8 Å². The fraction of sp³-hybridized carbons (Fsp3) is 0.182. The number of nitrogens with one attached hydrogen (secondary N) is 1. The van der Waals surface area contributed by atoms with Gasteiger partial charge in [-0.2, -0.15) is 0 Å². The Morgan fingerprint density at radius 2 is 1.53 bits per heavy atom. The molecule has 0 aliphatic rings. The number of aromatic amines is 1. The normalized spacial score (nSPS) is 11.2. The SMILES string of the molecule is Cn1ccnc1SCCCSc1nc(-c2ccc(F)cc2)c(-c2ccc(F)cc2)[nH]1. The van der Waals surface area contributed by atoms with Gasteiger partial charge in [0.15, 0.2) is 10.3 Å². The molecule has 0 spiro atoms. The summed E-state index contributed by atoms with van der Waals surface area (Å²) in [5.74, 6) is 1.28. The fourth-order valence-electron chi connectivity index (χ4n) is 2.94. The lowest BCUT2D eigenvalue weighted by molar-refractivity contribution is 0.627. The van der Waals surface area contributed by atoms with Crippen LogP contribution in [0, 0.1) is 11.6 Å². The van der Waals surface area contributed by atoms with E-state index in [1.807, 2.05) is 17.8 Å². The lowest BCUT2D eigenvalue weighted by Crippen LogP contribution is -1.91. The van der Waals surface area contributed by atoms with Crippen molar-refractivity contribution in [1.82, 2.24) is 19.5 Å². The van der Waals surface area contributed by atoms with Crippen LogP contribution in [0.5, 0.6) is 0 Å². The Morgan fingerprint density at radius 3 is 2.17 bits per heavy atom. The molecule has 2 aromatic carbocycles. The van der Waals surface area contributed by atoms with Gasteiger partial charge in [0.05, 0.1) is 11.4 Å². The quantitative estimate of drug-likeness (QED) is 0.267. The minimum atomic E-state index is -0.294. The molecule has 8 heteroatoms. The molecule has 154 valence electrons. The van der Waals surface area contributed by atoms with Crippen molar-refractivity contribution in [2.45, 2.75) is 16.7 Å². The molecule has 0 aliphatic heterocycles. The Kier molecular flexibility index (Phi) is 6.54. The van der Waals surface area contributed by atoms with Gasteiger partial charge in [0.1, 0.15) is 11.6 Å². The second kappa shape index (κ2) is 9.49. The first kappa shape index (κ1) is 20.7. The first-order valence-electron chi connectivity index (χ1n) is 9.45. The highest BCUT2D eigenvalue weighted by atomic mass is 32.2. The van der Waals surface area contributed by atoms with Crippen molar-refractivity contribution in [1.29, 1.82) is 0 Å². The molecule has 0 radical (unpaired) electrons. The molecule has 0 unspecified atom stereocenters. The monoisotopic (exact) mass is 442 g/mol. The van der Waals surface area contributed by atoms with Crippen LogP contribution in [-0.4, -0.2) is 31.0 Å². The van der Waals surface area contributed by atoms with Gasteiger partial charge in [-0.25, -0.2) is 18.7 Å². The molecule has 4 nitrogen and oxygen atoms in total. The molecular weight excluding hydrogens is 422 g/mol. The largest absolute Gasteiger partial charge is 0.332 e. The summed E-state index contributed by atoms with van der Waals surface area (Å²) >= 11 is 3.37. The second-order valence-electron chi connectivity index (χ2n) is 6.65. The number of nitrogens with zero attached hydrogens (tertiary/aromatic N) is 3. The van der Waals surface area contributed by atoms with E-state index in [4.69, 9.17) is 4.98 Å². The first-order chi connectivity index (χ1) is 14.6. The number of rotatable bonds is 8. The number of thioether (sulfide) groups is 2. The summed E-state index contributed by atoms with van der Waals surface area (Å²) < 4.78 is 28.7. The van der Waals surface area contributed by atoms with E-state index in [-0.39, 0.29) is 11.6 Å². The van der Waals surface area contributed by atoms with Gasteiger partial charge >= 0.3 is 0 Å². The summed E-state index contributed by atoms with van der Waals surface area (Å²) in [7, 11) is 1.99. The van der Waals surface area contributed by atoms with Crippen LogP contribution in [0.3, 0.4) is 0 Å². The van der Waals surface area contributed by atoms with E-state index in [9.17, 15) is 8.78 Å². The number of hydrogen-bond acceptors (Lipinski definition) is 4. The maximum Gasteiger partial charge on any atom is 0.167 e. The lowest BCUT2D eigenvalue weighted by atomic mass is 10.1. The Morgan fingerprint density at radius 1 is 0.900 bits per heavy atom. The van der Waals surface area contributed by atoms with Crippen LogP contribution >= 0.6 is 23.5 Å². The smallest absolute Gasteiger partial charge is 0.167 e. The number of benzene rings is 2. The molecule has 1 N–H and O–H groups in total. The predicted molar refractivity (Wildman–Crippen MR) is 119 cm³/mol. The summed E-state index contributed by atoms with van der Waals surface area (Å²) in [5.41, 5.74) is 3.17. The van der Waals surface area contributed by atoms with E-state index in [1.54, 1.807) is 54.0 Å². The van der Waals surface area contributed by atoms with Crippen molar-refractivity contribution in [2.24, 2.45) is 7.05 Å². The maximum absolute atomic E-state index is 13.4. The zero-order valence-corrected chi connectivity index (χ0v) is 17.9. The zero-order chi connectivity index (χ0) is 20.9. The van der Waals surface area contributed by atoms with Gasteiger partial charge in [-0.3, -0.25) is 0 Å². The highest BCUT2D eigenvalue weighted by Gasteiger charge is 2.15. The van der Waals surface area contributed by atoms with Crippen LogP contribution in [0.4, 0.5) is 8.78 Å². The van der Waals surface area contributed by atoms with Crippen molar-refractivity contribution in [3.63, 3.8) is 0 Å². The molecular formula is C22H20F2N4S2. The highest BCUT2D eigenvalue weighted by Crippen LogP contribution is 2.33. The van der Waals surface area contributed by atoms with Gasteiger partial charge in [0.25, 0.3) is 0 Å². The van der Waals surface area contributed by atoms with Crippen LogP contribution in [0.1, 0.15) is 6.42 Å². The second-order valence-corrected chi connectivity index (χ2v) is 8.80. The highest BCUT2D eigenvalue weighted by molar-refractivity contribution is 8.00. The minimum absolute atomic E-state index is 0.290. The van der Waals surface area contributed by atoms with Crippen LogP contribution in [0.2, 0.25) is 0 Å². The van der Waals surface area contributed by atoms with E-state index in [2.05, 4.69) is 9.97 Å². The molecule has 0 saturated carbocycles. The van der Waals surface area contributed by atoms with Crippen molar-refractivity contribution >= 4 is 23.5 Å². The molecule has 0 saturated heterocycles. The molecule has 0 atom stereocenters. The van der Waals surface area contributed by atoms with E-state index in [1.165, 1.54) is 24.3 Å². The lowest BCUT2D eigenvalue weighted by Gasteiger charge is -2.03. The summed E-state index contributed by atoms with van der Waals surface area (Å²) in [5, 5.41) is 1.80. The summed E-state index contributed by atoms with van der Waals surface area (Å²) in [4.78, 5) is 12.4. The Hall–Kier alpha value is -2.58. The standard InChI is InChI=1S/C22H20F2N4S2/c1-28-12-11-25-22(28)30-14-2-13-29-21-26-19(15-3-7-17(23)8-4-15)20(27-21)16-5-9-18(24)10-6-16/h3-12H,2,13-14H2,1H3,(H,26,27). The molecule has 2 heterocycles. The van der Waals surface area contributed by atoms with Crippen molar-refractivity contribution in [3.8, 4) is 22.5 Å². The van der Waals surface area contributed by atoms with Crippen LogP contribution < -0.4 is 0 Å². The molecule has 4 rings (SSSR count). The predicted octanol–water partition coefficient (Wildman–Crippen LogP) is 6.03. The van der Waals surface area contributed by atoms with Crippen molar-refractivity contribution < 1.29 is 8.78 Å². The molecule has 0 bridgehead atoms. The number of hydrogen-bond donors (Lipinski definition) is 1. The van der Waals surface area contributed by atoms with Crippen LogP contribution in [0.15, 0.2) is 71.2 Å². The maximum atomic E-state index is 13.4. The number of imidazole rings is 2. The average Bonchev–Trinajstić information content (AvgIpc) is 3.35. The molecule has 0 amide bonds. The Bertz CT molecular complexity index is 1040. The van der Waals surface area contributed by atoms with Crippen LogP contribution in [0.25, 0.3) is 22.5 Å². The first-order valence-corrected chi connectivity index (χ1v) is 11.4. The topological polar surface area (TPSA) is 46.5 Å². The summed E-state index contributed by atoms with van der Waals surface area (Å²) in [6, 6.07) is 12.5. The molecule has 30 heavy (non-hydrogen) atoms. The fourth-order valence-corrected chi connectivity index (χ4v) is 4.81. The minimum Gasteiger partial charge on any atom is -0.332 e. The third-order valence-electron chi connectivity index (χ3n) is 4.47. The Labute approximate surface area is 182 Å². The van der Waals surface area contributed by atoms with Gasteiger partial charge in [-0.1, -0.05) is 23.5 Å². The Balaban J connectivity index is 1.48. The summed E-state index contributed by atoms with van der Waals surface area (Å²) in [6.07, 6.45) is 4.74. The molecule has 4 aromatic rings. The average molecular weight is 443 g/mol. The zero-order valence-electron chi connectivity index (χ0n) is 16.3. The number of aryl methyl sites for hydroxylation is 1. The van der Waals surface area contributed by atoms with Crippen molar-refractivity contribution in [2.75, 3.05) is 11.5 Å².